The van der Waals surface area contributed by atoms with Gasteiger partial charge in [0.1, 0.15) is 0 Å². The third-order valence-corrected chi connectivity index (χ3v) is 4.38. The molecule has 1 aromatic carbocycles. The van der Waals surface area contributed by atoms with Crippen LogP contribution >= 0.6 is 22.6 Å². The Hall–Kier alpha value is -0.830. The molecule has 2 rings (SSSR count). The Bertz CT molecular complexity index is 507. The van der Waals surface area contributed by atoms with E-state index in [0.717, 1.165) is 3.57 Å². The number of hydrogen-bond donors (Lipinski definition) is 1. The third kappa shape index (κ3) is 5.14. The normalized spacial score (nSPS) is 19.7. The molecule has 1 fully saturated rings. The zero-order valence-electron chi connectivity index (χ0n) is 11.3. The molecule has 1 atom stereocenters. The molecule has 0 aromatic heterocycles. The summed E-state index contributed by atoms with van der Waals surface area (Å²) in [7, 11) is 0. The number of benzene rings is 1. The maximum absolute atomic E-state index is 12.3. The standard InChI is InChI=1S/C14H16F3IN2O/c15-14(16,17)9-20-6-5-10(8-20)7-19-13(21)11-3-1-2-4-12(11)18/h1-4,10H,5-9H2,(H,19,21). The number of carbonyl (C=O) groups is 1. The van der Waals surface area contributed by atoms with Gasteiger partial charge in [0.15, 0.2) is 0 Å². The van der Waals surface area contributed by atoms with Crippen LogP contribution in [0.25, 0.3) is 0 Å². The molecule has 0 aliphatic carbocycles. The van der Waals surface area contributed by atoms with Crippen molar-refractivity contribution >= 4 is 28.5 Å². The molecule has 0 radical (unpaired) electrons. The Labute approximate surface area is 135 Å². The van der Waals surface area contributed by atoms with Crippen LogP contribution in [0.3, 0.4) is 0 Å². The maximum Gasteiger partial charge on any atom is 0.401 e. The summed E-state index contributed by atoms with van der Waals surface area (Å²) < 4.78 is 37.8. The molecule has 0 bridgehead atoms. The van der Waals surface area contributed by atoms with Crippen LogP contribution in [0.5, 0.6) is 0 Å². The van der Waals surface area contributed by atoms with Crippen LogP contribution in [0, 0.1) is 9.49 Å². The van der Waals surface area contributed by atoms with E-state index in [9.17, 15) is 18.0 Å². The minimum Gasteiger partial charge on any atom is -0.352 e. The van der Waals surface area contributed by atoms with Gasteiger partial charge in [-0.05, 0) is 53.6 Å². The van der Waals surface area contributed by atoms with Gasteiger partial charge in [-0.25, -0.2) is 0 Å². The number of rotatable bonds is 4. The minimum absolute atomic E-state index is 0.0812. The summed E-state index contributed by atoms with van der Waals surface area (Å²) in [6.45, 7) is 0.362. The molecular weight excluding hydrogens is 396 g/mol. The van der Waals surface area contributed by atoms with E-state index in [1.807, 2.05) is 12.1 Å². The molecule has 1 aliphatic heterocycles. The van der Waals surface area contributed by atoms with Crippen LogP contribution in [0.2, 0.25) is 0 Å². The number of nitrogens with zero attached hydrogens (tertiary/aromatic N) is 1. The van der Waals surface area contributed by atoms with E-state index >= 15 is 0 Å². The predicted molar refractivity (Wildman–Crippen MR) is 82.1 cm³/mol. The molecule has 21 heavy (non-hydrogen) atoms. The van der Waals surface area contributed by atoms with Crippen molar-refractivity contribution in [3.8, 4) is 0 Å². The first-order valence-electron chi connectivity index (χ1n) is 6.67. The van der Waals surface area contributed by atoms with Gasteiger partial charge >= 0.3 is 6.18 Å². The summed E-state index contributed by atoms with van der Waals surface area (Å²) in [5, 5.41) is 2.81. The van der Waals surface area contributed by atoms with E-state index in [2.05, 4.69) is 27.9 Å². The Morgan fingerprint density at radius 3 is 2.76 bits per heavy atom. The molecule has 1 saturated heterocycles. The first-order valence-corrected chi connectivity index (χ1v) is 7.75. The summed E-state index contributed by atoms with van der Waals surface area (Å²) in [6.07, 6.45) is -3.47. The average molecular weight is 412 g/mol. The number of alkyl halides is 3. The van der Waals surface area contributed by atoms with E-state index in [4.69, 9.17) is 0 Å². The molecule has 1 unspecified atom stereocenters. The van der Waals surface area contributed by atoms with Crippen LogP contribution in [-0.4, -0.2) is 43.2 Å². The molecule has 3 nitrogen and oxygen atoms in total. The molecule has 1 amide bonds. The Kier molecular flexibility index (Phi) is 5.48. The maximum atomic E-state index is 12.3. The number of carbonyl (C=O) groups excluding carboxylic acids is 1. The summed E-state index contributed by atoms with van der Waals surface area (Å²) >= 11 is 2.09. The molecule has 7 heteroatoms. The Morgan fingerprint density at radius 1 is 1.38 bits per heavy atom. The number of halogens is 4. The quantitative estimate of drug-likeness (QED) is 0.772. The number of hydrogen-bond acceptors (Lipinski definition) is 2. The first kappa shape index (κ1) is 16.5. The zero-order valence-corrected chi connectivity index (χ0v) is 13.4. The minimum atomic E-state index is -4.15. The van der Waals surface area contributed by atoms with Gasteiger partial charge in [-0.3, -0.25) is 9.69 Å². The van der Waals surface area contributed by atoms with Crippen molar-refractivity contribution in [2.45, 2.75) is 12.6 Å². The van der Waals surface area contributed by atoms with Gasteiger partial charge in [-0.1, -0.05) is 12.1 Å². The van der Waals surface area contributed by atoms with Crippen LogP contribution in [0.4, 0.5) is 13.2 Å². The van der Waals surface area contributed by atoms with E-state index in [0.29, 0.717) is 31.6 Å². The highest BCUT2D eigenvalue weighted by Crippen LogP contribution is 2.22. The smallest absolute Gasteiger partial charge is 0.352 e. The summed E-state index contributed by atoms with van der Waals surface area (Å²) in [5.74, 6) is -0.0908. The lowest BCUT2D eigenvalue weighted by Crippen LogP contribution is -2.34. The Balaban J connectivity index is 1.80. The predicted octanol–water partition coefficient (Wildman–Crippen LogP) is 2.91. The van der Waals surface area contributed by atoms with Crippen molar-refractivity contribution in [1.82, 2.24) is 10.2 Å². The molecule has 1 heterocycles. The van der Waals surface area contributed by atoms with Crippen LogP contribution in [0.15, 0.2) is 24.3 Å². The van der Waals surface area contributed by atoms with Gasteiger partial charge in [-0.2, -0.15) is 13.2 Å². The van der Waals surface area contributed by atoms with Crippen molar-refractivity contribution in [3.63, 3.8) is 0 Å². The molecule has 0 saturated carbocycles. The molecule has 1 aliphatic rings. The molecule has 1 N–H and O–H groups in total. The van der Waals surface area contributed by atoms with Gasteiger partial charge in [0.2, 0.25) is 0 Å². The molecular formula is C14H16F3IN2O. The summed E-state index contributed by atoms with van der Waals surface area (Å²) in [5.41, 5.74) is 0.600. The Morgan fingerprint density at radius 2 is 2.10 bits per heavy atom. The van der Waals surface area contributed by atoms with Gasteiger partial charge in [-0.15, -0.1) is 0 Å². The van der Waals surface area contributed by atoms with Gasteiger partial charge in [0, 0.05) is 16.7 Å². The lowest BCUT2D eigenvalue weighted by Gasteiger charge is -2.18. The highest BCUT2D eigenvalue weighted by molar-refractivity contribution is 14.1. The number of nitrogens with one attached hydrogen (secondary N) is 1. The largest absolute Gasteiger partial charge is 0.401 e. The van der Waals surface area contributed by atoms with Gasteiger partial charge in [0.05, 0.1) is 12.1 Å². The van der Waals surface area contributed by atoms with E-state index < -0.39 is 12.7 Å². The van der Waals surface area contributed by atoms with Crippen LogP contribution in [-0.2, 0) is 0 Å². The van der Waals surface area contributed by atoms with E-state index in [1.54, 1.807) is 12.1 Å². The highest BCUT2D eigenvalue weighted by atomic mass is 127. The van der Waals surface area contributed by atoms with Gasteiger partial charge < -0.3 is 5.32 Å². The van der Waals surface area contributed by atoms with Crippen molar-refractivity contribution in [1.29, 1.82) is 0 Å². The number of amides is 1. The fourth-order valence-electron chi connectivity index (χ4n) is 2.45. The second-order valence-corrected chi connectivity index (χ2v) is 6.36. The van der Waals surface area contributed by atoms with Crippen molar-refractivity contribution < 1.29 is 18.0 Å². The zero-order chi connectivity index (χ0) is 15.5. The third-order valence-electron chi connectivity index (χ3n) is 3.44. The highest BCUT2D eigenvalue weighted by Gasteiger charge is 2.34. The molecule has 0 spiro atoms. The van der Waals surface area contributed by atoms with Crippen molar-refractivity contribution in [3.05, 3.63) is 33.4 Å². The average Bonchev–Trinajstić information content (AvgIpc) is 2.82. The van der Waals surface area contributed by atoms with Crippen molar-refractivity contribution in [2.24, 2.45) is 5.92 Å². The summed E-state index contributed by atoms with van der Waals surface area (Å²) in [6, 6.07) is 7.22. The first-order chi connectivity index (χ1) is 9.85. The fourth-order valence-corrected chi connectivity index (χ4v) is 3.09. The van der Waals surface area contributed by atoms with Crippen molar-refractivity contribution in [2.75, 3.05) is 26.2 Å². The van der Waals surface area contributed by atoms with Crippen LogP contribution in [0.1, 0.15) is 16.8 Å². The lowest BCUT2D eigenvalue weighted by atomic mass is 10.1. The second kappa shape index (κ2) is 6.95. The molecule has 1 aromatic rings. The topological polar surface area (TPSA) is 32.3 Å². The van der Waals surface area contributed by atoms with E-state index in [-0.39, 0.29) is 11.8 Å². The van der Waals surface area contributed by atoms with Gasteiger partial charge in [0.25, 0.3) is 5.91 Å². The fraction of sp³-hybridized carbons (Fsp3) is 0.500. The SMILES string of the molecule is O=C(NCC1CCN(CC(F)(F)F)C1)c1ccccc1I. The lowest BCUT2D eigenvalue weighted by molar-refractivity contribution is -0.143. The molecule has 116 valence electrons. The monoisotopic (exact) mass is 412 g/mol. The van der Waals surface area contributed by atoms with E-state index in [1.165, 1.54) is 4.90 Å². The van der Waals surface area contributed by atoms with Crippen LogP contribution < -0.4 is 5.32 Å². The summed E-state index contributed by atoms with van der Waals surface area (Å²) in [4.78, 5) is 13.4. The second-order valence-electron chi connectivity index (χ2n) is 5.19. The number of likely N-dealkylation sites (tertiary alicyclic amines) is 1.